The van der Waals surface area contributed by atoms with E-state index in [-0.39, 0.29) is 23.3 Å². The van der Waals surface area contributed by atoms with Crippen molar-refractivity contribution in [1.82, 2.24) is 4.31 Å². The van der Waals surface area contributed by atoms with Gasteiger partial charge < -0.3 is 15.4 Å². The van der Waals surface area contributed by atoms with Crippen LogP contribution in [0.4, 0.5) is 11.4 Å². The number of nitrogens with zero attached hydrogens (tertiary/aromatic N) is 1. The fourth-order valence-electron chi connectivity index (χ4n) is 4.33. The molecule has 0 radical (unpaired) electrons. The molecular weight excluding hydrogens is 454 g/mol. The Bertz CT molecular complexity index is 1210. The van der Waals surface area contributed by atoms with Crippen LogP contribution in [0.1, 0.15) is 50.7 Å². The molecule has 2 aromatic carbocycles. The maximum Gasteiger partial charge on any atom is 0.265 e. The Morgan fingerprint density at radius 3 is 2.59 bits per heavy atom. The summed E-state index contributed by atoms with van der Waals surface area (Å²) in [6.45, 7) is 7.97. The number of carbonyl (C=O) groups excluding carboxylic acids is 2. The minimum atomic E-state index is -3.85. The van der Waals surface area contributed by atoms with Gasteiger partial charge in [0.15, 0.2) is 6.10 Å². The fraction of sp³-hybridized carbons (Fsp3) is 0.440. The maximum atomic E-state index is 13.5. The van der Waals surface area contributed by atoms with Gasteiger partial charge in [0.1, 0.15) is 5.75 Å². The Kier molecular flexibility index (Phi) is 6.69. The molecule has 0 spiro atoms. The lowest BCUT2D eigenvalue weighted by Crippen LogP contribution is -2.44. The molecule has 4 rings (SSSR count). The summed E-state index contributed by atoms with van der Waals surface area (Å²) in [5, 5.41) is 5.67. The molecular formula is C25H31N3O5S. The van der Waals surface area contributed by atoms with Gasteiger partial charge >= 0.3 is 0 Å². The summed E-state index contributed by atoms with van der Waals surface area (Å²) in [6, 6.07) is 10.8. The van der Waals surface area contributed by atoms with Crippen LogP contribution in [0.2, 0.25) is 0 Å². The van der Waals surface area contributed by atoms with Crippen molar-refractivity contribution in [2.45, 2.75) is 57.5 Å². The smallest absolute Gasteiger partial charge is 0.265 e. The quantitative estimate of drug-likeness (QED) is 0.669. The number of amides is 2. The van der Waals surface area contributed by atoms with Gasteiger partial charge in [-0.2, -0.15) is 4.31 Å². The van der Waals surface area contributed by atoms with Crippen LogP contribution in [0.25, 0.3) is 0 Å². The summed E-state index contributed by atoms with van der Waals surface area (Å²) < 4.78 is 34.0. The molecule has 182 valence electrons. The first-order valence-corrected chi connectivity index (χ1v) is 13.0. The first kappa shape index (κ1) is 24.2. The molecule has 2 unspecified atom stereocenters. The molecule has 2 aliphatic heterocycles. The lowest BCUT2D eigenvalue weighted by atomic mass is 9.98. The standard InChI is InChI=1S/C25H31N3O5S/c1-15(2)18-7-9-20(10-8-18)26-25(30)19-6-5-11-28(14-19)34(31,32)23-13-22-21(12-16(23)3)27-24(29)17(4)33-22/h7-10,12-13,15,17,19H,5-6,11,14H2,1-4H3,(H,26,30)(H,27,29). The number of carbonyl (C=O) groups is 2. The summed E-state index contributed by atoms with van der Waals surface area (Å²) in [4.78, 5) is 24.9. The van der Waals surface area contributed by atoms with Crippen molar-refractivity contribution in [3.63, 3.8) is 0 Å². The van der Waals surface area contributed by atoms with E-state index in [0.717, 1.165) is 0 Å². The van der Waals surface area contributed by atoms with Gasteiger partial charge in [-0.25, -0.2) is 8.42 Å². The molecule has 2 aromatic rings. The molecule has 2 atom stereocenters. The number of hydrogen-bond acceptors (Lipinski definition) is 5. The third-order valence-electron chi connectivity index (χ3n) is 6.43. The number of anilines is 2. The summed E-state index contributed by atoms with van der Waals surface area (Å²) in [5.74, 6) is -0.168. The Balaban J connectivity index is 1.50. The van der Waals surface area contributed by atoms with E-state index in [2.05, 4.69) is 24.5 Å². The van der Waals surface area contributed by atoms with E-state index in [1.165, 1.54) is 15.9 Å². The average Bonchev–Trinajstić information content (AvgIpc) is 2.80. The van der Waals surface area contributed by atoms with Crippen LogP contribution in [0.15, 0.2) is 41.3 Å². The number of ether oxygens (including phenoxy) is 1. The zero-order valence-corrected chi connectivity index (χ0v) is 20.7. The summed E-state index contributed by atoms with van der Waals surface area (Å²) >= 11 is 0. The zero-order chi connectivity index (χ0) is 24.6. The Morgan fingerprint density at radius 2 is 1.91 bits per heavy atom. The molecule has 1 fully saturated rings. The van der Waals surface area contributed by atoms with Crippen molar-refractivity contribution < 1.29 is 22.7 Å². The van der Waals surface area contributed by atoms with Gasteiger partial charge in [-0.3, -0.25) is 9.59 Å². The number of fused-ring (bicyclic) bond motifs is 1. The first-order valence-electron chi connectivity index (χ1n) is 11.6. The van der Waals surface area contributed by atoms with Gasteiger partial charge in [-0.15, -0.1) is 0 Å². The Morgan fingerprint density at radius 1 is 1.21 bits per heavy atom. The van der Waals surface area contributed by atoms with Crippen molar-refractivity contribution in [2.75, 3.05) is 23.7 Å². The highest BCUT2D eigenvalue weighted by atomic mass is 32.2. The van der Waals surface area contributed by atoms with E-state index in [0.29, 0.717) is 48.0 Å². The second kappa shape index (κ2) is 9.38. The van der Waals surface area contributed by atoms with E-state index in [1.807, 2.05) is 24.3 Å². The molecule has 0 aliphatic carbocycles. The van der Waals surface area contributed by atoms with Gasteiger partial charge in [0, 0.05) is 24.8 Å². The van der Waals surface area contributed by atoms with Crippen LogP contribution >= 0.6 is 0 Å². The van der Waals surface area contributed by atoms with Gasteiger partial charge in [-0.05, 0) is 61.9 Å². The topological polar surface area (TPSA) is 105 Å². The third kappa shape index (κ3) is 4.81. The highest BCUT2D eigenvalue weighted by Gasteiger charge is 2.35. The van der Waals surface area contributed by atoms with Crippen molar-refractivity contribution in [2.24, 2.45) is 5.92 Å². The van der Waals surface area contributed by atoms with Gasteiger partial charge in [0.25, 0.3) is 5.91 Å². The molecule has 2 amide bonds. The highest BCUT2D eigenvalue weighted by Crippen LogP contribution is 2.36. The average molecular weight is 486 g/mol. The number of piperidine rings is 1. The second-order valence-corrected chi connectivity index (χ2v) is 11.2. The summed E-state index contributed by atoms with van der Waals surface area (Å²) in [7, 11) is -3.85. The third-order valence-corrected chi connectivity index (χ3v) is 8.43. The van der Waals surface area contributed by atoms with Crippen molar-refractivity contribution in [3.8, 4) is 5.75 Å². The van der Waals surface area contributed by atoms with Crippen LogP contribution in [0.5, 0.6) is 5.75 Å². The number of nitrogens with one attached hydrogen (secondary N) is 2. The number of aryl methyl sites for hydroxylation is 1. The number of rotatable bonds is 5. The summed E-state index contributed by atoms with van der Waals surface area (Å²) in [5.41, 5.74) is 2.85. The molecule has 0 bridgehead atoms. The lowest BCUT2D eigenvalue weighted by molar-refractivity contribution is -0.123. The van der Waals surface area contributed by atoms with E-state index in [4.69, 9.17) is 4.74 Å². The minimum Gasteiger partial charge on any atom is -0.479 e. The van der Waals surface area contributed by atoms with Gasteiger partial charge in [0.2, 0.25) is 15.9 Å². The van der Waals surface area contributed by atoms with Crippen LogP contribution in [-0.4, -0.2) is 43.7 Å². The second-order valence-electron chi connectivity index (χ2n) is 9.33. The molecule has 2 heterocycles. The SMILES string of the molecule is Cc1cc2c(cc1S(=O)(=O)N1CCCC(C(=O)Nc3ccc(C(C)C)cc3)C1)OC(C)C(=O)N2. The van der Waals surface area contributed by atoms with E-state index < -0.39 is 22.0 Å². The molecule has 2 N–H and O–H groups in total. The zero-order valence-electron chi connectivity index (χ0n) is 19.9. The van der Waals surface area contributed by atoms with Crippen molar-refractivity contribution >= 4 is 33.2 Å². The van der Waals surface area contributed by atoms with Crippen LogP contribution in [0, 0.1) is 12.8 Å². The predicted octanol–water partition coefficient (Wildman–Crippen LogP) is 3.88. The number of hydrogen-bond donors (Lipinski definition) is 2. The maximum absolute atomic E-state index is 13.5. The minimum absolute atomic E-state index is 0.114. The van der Waals surface area contributed by atoms with E-state index >= 15 is 0 Å². The van der Waals surface area contributed by atoms with Crippen molar-refractivity contribution in [3.05, 3.63) is 47.5 Å². The lowest BCUT2D eigenvalue weighted by Gasteiger charge is -2.32. The molecule has 0 saturated carbocycles. The van der Waals surface area contributed by atoms with Gasteiger partial charge in [-0.1, -0.05) is 26.0 Å². The summed E-state index contributed by atoms with van der Waals surface area (Å²) in [6.07, 6.45) is 0.512. The molecule has 0 aromatic heterocycles. The molecule has 34 heavy (non-hydrogen) atoms. The Hall–Kier alpha value is -2.91. The van der Waals surface area contributed by atoms with E-state index in [9.17, 15) is 18.0 Å². The molecule has 8 nitrogen and oxygen atoms in total. The highest BCUT2D eigenvalue weighted by molar-refractivity contribution is 7.89. The predicted molar refractivity (Wildman–Crippen MR) is 131 cm³/mol. The normalized spacial score (nSPS) is 20.9. The number of benzene rings is 2. The molecule has 9 heteroatoms. The first-order chi connectivity index (χ1) is 16.1. The van der Waals surface area contributed by atoms with Crippen LogP contribution < -0.4 is 15.4 Å². The fourth-order valence-corrected chi connectivity index (χ4v) is 6.08. The molecule has 1 saturated heterocycles. The van der Waals surface area contributed by atoms with E-state index in [1.54, 1.807) is 19.9 Å². The molecule has 2 aliphatic rings. The van der Waals surface area contributed by atoms with Gasteiger partial charge in [0.05, 0.1) is 16.5 Å². The largest absolute Gasteiger partial charge is 0.479 e. The Labute approximate surface area is 200 Å². The van der Waals surface area contributed by atoms with Crippen molar-refractivity contribution in [1.29, 1.82) is 0 Å². The van der Waals surface area contributed by atoms with Crippen LogP contribution in [0.3, 0.4) is 0 Å². The van der Waals surface area contributed by atoms with Crippen LogP contribution in [-0.2, 0) is 19.6 Å². The monoisotopic (exact) mass is 485 g/mol. The number of sulfonamides is 1.